The fourth-order valence-corrected chi connectivity index (χ4v) is 3.18. The second-order valence-electron chi connectivity index (χ2n) is 6.47. The van der Waals surface area contributed by atoms with Crippen LogP contribution in [-0.2, 0) is 11.2 Å². The minimum atomic E-state index is 0. The normalized spacial score (nSPS) is 21.0. The Morgan fingerprint density at radius 1 is 1.39 bits per heavy atom. The van der Waals surface area contributed by atoms with Crippen LogP contribution >= 0.6 is 12.4 Å². The van der Waals surface area contributed by atoms with Gasteiger partial charge in [0.15, 0.2) is 0 Å². The Labute approximate surface area is 143 Å². The molecule has 2 aromatic rings. The summed E-state index contributed by atoms with van der Waals surface area (Å²) in [5.41, 5.74) is 4.23. The first-order valence-electron chi connectivity index (χ1n) is 8.02. The molecule has 0 aliphatic carbocycles. The molecule has 1 aromatic carbocycles. The monoisotopic (exact) mass is 336 g/mol. The molecule has 23 heavy (non-hydrogen) atoms. The van der Waals surface area contributed by atoms with Crippen molar-refractivity contribution in [3.05, 3.63) is 35.1 Å². The molecule has 0 bridgehead atoms. The highest BCUT2D eigenvalue weighted by molar-refractivity contribution is 5.89. The van der Waals surface area contributed by atoms with Gasteiger partial charge in [-0.2, -0.15) is 0 Å². The van der Waals surface area contributed by atoms with Gasteiger partial charge in [0.05, 0.1) is 12.7 Å². The van der Waals surface area contributed by atoms with E-state index in [0.29, 0.717) is 12.3 Å². The van der Waals surface area contributed by atoms with Crippen molar-refractivity contribution in [3.8, 4) is 0 Å². The number of rotatable bonds is 3. The number of nitrogens with one attached hydrogen (secondary N) is 2. The van der Waals surface area contributed by atoms with Crippen molar-refractivity contribution in [1.29, 1.82) is 0 Å². The number of amides is 1. The van der Waals surface area contributed by atoms with Gasteiger partial charge in [-0.05, 0) is 50.4 Å². The number of carbonyl (C=O) groups excluding carboxylic acids is 1. The fraction of sp³-hybridized carbons (Fsp3) is 0.500. The summed E-state index contributed by atoms with van der Waals surface area (Å²) in [4.78, 5) is 12.3. The Bertz CT molecular complexity index is 696. The number of hydrogen-bond acceptors (Lipinski definition) is 3. The van der Waals surface area contributed by atoms with Gasteiger partial charge in [0.2, 0.25) is 5.91 Å². The molecule has 4 nitrogen and oxygen atoms in total. The lowest BCUT2D eigenvalue weighted by Crippen LogP contribution is -2.48. The molecule has 0 spiro atoms. The smallest absolute Gasteiger partial charge is 0.224 e. The molecule has 5 heteroatoms. The number of carbonyl (C=O) groups is 1. The summed E-state index contributed by atoms with van der Waals surface area (Å²) in [5.74, 6) is 0.559. The lowest BCUT2D eigenvalue weighted by atomic mass is 9.95. The number of benzene rings is 1. The Morgan fingerprint density at radius 3 is 2.91 bits per heavy atom. The Balaban J connectivity index is 0.00000192. The van der Waals surface area contributed by atoms with E-state index in [2.05, 4.69) is 43.5 Å². The quantitative estimate of drug-likeness (QED) is 0.905. The second kappa shape index (κ2) is 7.37. The number of aryl methyl sites for hydroxylation is 2. The number of hydrogen-bond donors (Lipinski definition) is 2. The molecule has 1 saturated heterocycles. The highest BCUT2D eigenvalue weighted by atomic mass is 35.5. The van der Waals surface area contributed by atoms with E-state index in [1.807, 2.05) is 0 Å². The fourth-order valence-electron chi connectivity index (χ4n) is 3.18. The Hall–Kier alpha value is -1.52. The average molecular weight is 337 g/mol. The van der Waals surface area contributed by atoms with Gasteiger partial charge in [-0.3, -0.25) is 4.79 Å². The first-order chi connectivity index (χ1) is 10.6. The maximum Gasteiger partial charge on any atom is 0.224 e. The maximum atomic E-state index is 12.3. The van der Waals surface area contributed by atoms with Crippen LogP contribution in [0.1, 0.15) is 30.0 Å². The highest BCUT2D eigenvalue weighted by Gasteiger charge is 2.23. The second-order valence-corrected chi connectivity index (χ2v) is 6.47. The summed E-state index contributed by atoms with van der Waals surface area (Å²) >= 11 is 0. The molecule has 1 fully saturated rings. The largest absolute Gasteiger partial charge is 0.464 e. The van der Waals surface area contributed by atoms with Gasteiger partial charge in [0.25, 0.3) is 0 Å². The molecule has 0 saturated carbocycles. The molecule has 1 aromatic heterocycles. The molecular formula is C18H25ClN2O2. The summed E-state index contributed by atoms with van der Waals surface area (Å²) in [5, 5.41) is 7.58. The highest BCUT2D eigenvalue weighted by Crippen LogP contribution is 2.26. The average Bonchev–Trinajstić information content (AvgIpc) is 2.89. The summed E-state index contributed by atoms with van der Waals surface area (Å²) in [7, 11) is 0. The molecule has 0 radical (unpaired) electrons. The zero-order chi connectivity index (χ0) is 15.7. The number of fused-ring (bicyclic) bond motifs is 1. The molecule has 1 aliphatic rings. The third-order valence-electron chi connectivity index (χ3n) is 4.82. The van der Waals surface area contributed by atoms with Gasteiger partial charge in [0.1, 0.15) is 5.58 Å². The van der Waals surface area contributed by atoms with E-state index in [4.69, 9.17) is 4.42 Å². The van der Waals surface area contributed by atoms with Crippen molar-refractivity contribution < 1.29 is 9.21 Å². The van der Waals surface area contributed by atoms with Crippen LogP contribution in [0.5, 0.6) is 0 Å². The van der Waals surface area contributed by atoms with Crippen molar-refractivity contribution in [2.24, 2.45) is 5.92 Å². The SMILES string of the molecule is Cc1ccc2c(CC(=O)NC3CCNCC3C)coc2c1C.Cl. The van der Waals surface area contributed by atoms with Crippen LogP contribution in [0.3, 0.4) is 0 Å². The molecule has 2 unspecified atom stereocenters. The molecule has 126 valence electrons. The first kappa shape index (κ1) is 17.8. The number of halogens is 1. The molecule has 2 heterocycles. The molecule has 1 aliphatic heterocycles. The van der Waals surface area contributed by atoms with Crippen LogP contribution in [0.4, 0.5) is 0 Å². The molecular weight excluding hydrogens is 312 g/mol. The van der Waals surface area contributed by atoms with Crippen LogP contribution in [0.15, 0.2) is 22.8 Å². The predicted octanol–water partition coefficient (Wildman–Crippen LogP) is 3.13. The standard InChI is InChI=1S/C18H24N2O2.ClH/c1-11-4-5-15-14(10-22-18(15)13(11)3)8-17(21)20-16-6-7-19-9-12(16)2;/h4-5,10,12,16,19H,6-9H2,1-3H3,(H,20,21);1H. The van der Waals surface area contributed by atoms with Gasteiger partial charge < -0.3 is 15.1 Å². The van der Waals surface area contributed by atoms with E-state index in [1.54, 1.807) is 6.26 Å². The van der Waals surface area contributed by atoms with Crippen LogP contribution in [-0.4, -0.2) is 25.0 Å². The predicted molar refractivity (Wildman–Crippen MR) is 95.2 cm³/mol. The van der Waals surface area contributed by atoms with E-state index >= 15 is 0 Å². The van der Waals surface area contributed by atoms with Gasteiger partial charge in [0, 0.05) is 17.0 Å². The van der Waals surface area contributed by atoms with E-state index in [9.17, 15) is 4.79 Å². The van der Waals surface area contributed by atoms with Crippen molar-refractivity contribution in [2.75, 3.05) is 13.1 Å². The molecule has 2 N–H and O–H groups in total. The summed E-state index contributed by atoms with van der Waals surface area (Å²) in [6.45, 7) is 8.25. The zero-order valence-corrected chi connectivity index (χ0v) is 14.8. The summed E-state index contributed by atoms with van der Waals surface area (Å²) in [6.07, 6.45) is 3.10. The maximum absolute atomic E-state index is 12.3. The van der Waals surface area contributed by atoms with E-state index < -0.39 is 0 Å². The van der Waals surface area contributed by atoms with E-state index in [0.717, 1.165) is 41.6 Å². The van der Waals surface area contributed by atoms with Gasteiger partial charge in [-0.15, -0.1) is 12.4 Å². The lowest BCUT2D eigenvalue weighted by Gasteiger charge is -2.30. The molecule has 1 amide bonds. The van der Waals surface area contributed by atoms with Gasteiger partial charge >= 0.3 is 0 Å². The number of furan rings is 1. The Morgan fingerprint density at radius 2 is 2.17 bits per heavy atom. The van der Waals surface area contributed by atoms with Gasteiger partial charge in [-0.25, -0.2) is 0 Å². The summed E-state index contributed by atoms with van der Waals surface area (Å²) in [6, 6.07) is 4.41. The van der Waals surface area contributed by atoms with Crippen LogP contribution in [0.25, 0.3) is 11.0 Å². The molecule has 2 atom stereocenters. The van der Waals surface area contributed by atoms with Gasteiger partial charge in [-0.1, -0.05) is 19.1 Å². The van der Waals surface area contributed by atoms with Crippen molar-refractivity contribution in [1.82, 2.24) is 10.6 Å². The third kappa shape index (κ3) is 3.70. The van der Waals surface area contributed by atoms with Crippen molar-refractivity contribution in [2.45, 2.75) is 39.7 Å². The summed E-state index contributed by atoms with van der Waals surface area (Å²) < 4.78 is 5.68. The van der Waals surface area contributed by atoms with Crippen molar-refractivity contribution >= 4 is 29.3 Å². The zero-order valence-electron chi connectivity index (χ0n) is 13.9. The van der Waals surface area contributed by atoms with E-state index in [1.165, 1.54) is 5.56 Å². The minimum absolute atomic E-state index is 0. The topological polar surface area (TPSA) is 54.3 Å². The lowest BCUT2D eigenvalue weighted by molar-refractivity contribution is -0.121. The Kier molecular flexibility index (Phi) is 5.71. The van der Waals surface area contributed by atoms with Crippen LogP contribution in [0.2, 0.25) is 0 Å². The van der Waals surface area contributed by atoms with E-state index in [-0.39, 0.29) is 24.4 Å². The first-order valence-corrected chi connectivity index (χ1v) is 8.02. The number of piperidine rings is 1. The third-order valence-corrected chi connectivity index (χ3v) is 4.82. The molecule has 3 rings (SSSR count). The van der Waals surface area contributed by atoms with Crippen molar-refractivity contribution in [3.63, 3.8) is 0 Å². The van der Waals surface area contributed by atoms with Crippen LogP contribution < -0.4 is 10.6 Å². The minimum Gasteiger partial charge on any atom is -0.464 e. The van der Waals surface area contributed by atoms with Crippen LogP contribution in [0, 0.1) is 19.8 Å².